The van der Waals surface area contributed by atoms with Crippen molar-refractivity contribution in [3.63, 3.8) is 0 Å². The summed E-state index contributed by atoms with van der Waals surface area (Å²) in [7, 11) is 0. The van der Waals surface area contributed by atoms with Crippen LogP contribution in [-0.4, -0.2) is 5.97 Å². The molecule has 0 amide bonds. The standard InChI is InChI=1S/C20H16O4S/c1-10-7-15-18(12-3-2-4-13(12)20(22)23-15)19-17(10)14(8-16(21)24-19)11-5-6-25-9-11/h5-7,9,14H,2-4,8H2,1H3/t14-/m1/s1. The van der Waals surface area contributed by atoms with E-state index in [0.29, 0.717) is 17.8 Å². The normalized spacial score (nSPS) is 18.9. The maximum Gasteiger partial charge on any atom is 0.339 e. The summed E-state index contributed by atoms with van der Waals surface area (Å²) >= 11 is 1.63. The zero-order valence-electron chi connectivity index (χ0n) is 13.8. The van der Waals surface area contributed by atoms with Crippen LogP contribution in [0.5, 0.6) is 5.75 Å². The number of thiophene rings is 1. The van der Waals surface area contributed by atoms with Gasteiger partial charge >= 0.3 is 11.6 Å². The molecule has 1 aliphatic carbocycles. The van der Waals surface area contributed by atoms with E-state index in [1.54, 1.807) is 11.3 Å². The van der Waals surface area contributed by atoms with Crippen LogP contribution in [0.15, 0.2) is 32.1 Å². The van der Waals surface area contributed by atoms with E-state index in [1.807, 2.05) is 18.4 Å². The second kappa shape index (κ2) is 5.30. The molecular formula is C20H16O4S. The number of hydrogen-bond donors (Lipinski definition) is 0. The summed E-state index contributed by atoms with van der Waals surface area (Å²) in [6, 6.07) is 3.99. The molecule has 0 saturated carbocycles. The third-order valence-electron chi connectivity index (χ3n) is 5.34. The van der Waals surface area contributed by atoms with Crippen LogP contribution in [0.2, 0.25) is 0 Å². The maximum absolute atomic E-state index is 12.3. The van der Waals surface area contributed by atoms with Gasteiger partial charge in [-0.05, 0) is 65.8 Å². The quantitative estimate of drug-likeness (QED) is 0.376. The topological polar surface area (TPSA) is 56.5 Å². The molecule has 0 radical (unpaired) electrons. The molecule has 4 nitrogen and oxygen atoms in total. The van der Waals surface area contributed by atoms with Crippen molar-refractivity contribution in [2.24, 2.45) is 0 Å². The largest absolute Gasteiger partial charge is 0.425 e. The molecule has 5 rings (SSSR count). The first-order chi connectivity index (χ1) is 12.1. The average molecular weight is 352 g/mol. The van der Waals surface area contributed by atoms with Crippen LogP contribution in [0, 0.1) is 6.92 Å². The Morgan fingerprint density at radius 2 is 2.04 bits per heavy atom. The number of esters is 1. The lowest BCUT2D eigenvalue weighted by Crippen LogP contribution is -2.22. The molecule has 1 aromatic carbocycles. The van der Waals surface area contributed by atoms with E-state index in [9.17, 15) is 9.59 Å². The molecular weight excluding hydrogens is 336 g/mol. The van der Waals surface area contributed by atoms with Crippen molar-refractivity contribution >= 4 is 28.3 Å². The van der Waals surface area contributed by atoms with E-state index in [-0.39, 0.29) is 17.5 Å². The summed E-state index contributed by atoms with van der Waals surface area (Å²) in [4.78, 5) is 24.6. The Balaban J connectivity index is 1.88. The fourth-order valence-corrected chi connectivity index (χ4v) is 4.98. The number of rotatable bonds is 1. The van der Waals surface area contributed by atoms with Gasteiger partial charge in [-0.15, -0.1) is 0 Å². The molecule has 0 N–H and O–H groups in total. The van der Waals surface area contributed by atoms with E-state index in [4.69, 9.17) is 9.15 Å². The first-order valence-corrected chi connectivity index (χ1v) is 9.42. The van der Waals surface area contributed by atoms with Gasteiger partial charge in [0, 0.05) is 17.0 Å². The number of aryl methyl sites for hydroxylation is 2. The highest BCUT2D eigenvalue weighted by atomic mass is 32.1. The fourth-order valence-electron chi connectivity index (χ4n) is 4.27. The van der Waals surface area contributed by atoms with Crippen LogP contribution < -0.4 is 10.4 Å². The molecule has 1 aliphatic heterocycles. The SMILES string of the molecule is Cc1cc2oc(=O)c3c(c2c2c1[C@@H](c1ccsc1)CC(=O)O2)CCC3. The van der Waals surface area contributed by atoms with E-state index in [2.05, 4.69) is 11.4 Å². The lowest BCUT2D eigenvalue weighted by atomic mass is 9.83. The Kier molecular flexibility index (Phi) is 3.16. The third-order valence-corrected chi connectivity index (χ3v) is 6.04. The number of benzene rings is 1. The molecule has 3 aromatic rings. The summed E-state index contributed by atoms with van der Waals surface area (Å²) in [5.41, 5.74) is 5.20. The number of hydrogen-bond acceptors (Lipinski definition) is 5. The number of ether oxygens (including phenoxy) is 1. The molecule has 0 spiro atoms. The highest BCUT2D eigenvalue weighted by Crippen LogP contribution is 2.47. The highest BCUT2D eigenvalue weighted by molar-refractivity contribution is 7.08. The zero-order chi connectivity index (χ0) is 17.1. The minimum Gasteiger partial charge on any atom is -0.425 e. The molecule has 2 aliphatic rings. The van der Waals surface area contributed by atoms with E-state index < -0.39 is 0 Å². The lowest BCUT2D eigenvalue weighted by Gasteiger charge is -2.27. The molecule has 0 saturated heterocycles. The Morgan fingerprint density at radius 1 is 1.20 bits per heavy atom. The molecule has 0 unspecified atom stereocenters. The van der Waals surface area contributed by atoms with Gasteiger partial charge in [-0.1, -0.05) is 0 Å². The predicted molar refractivity (Wildman–Crippen MR) is 95.7 cm³/mol. The van der Waals surface area contributed by atoms with E-state index in [1.165, 1.54) is 0 Å². The summed E-state index contributed by atoms with van der Waals surface area (Å²) in [5, 5.41) is 4.94. The van der Waals surface area contributed by atoms with Crippen LogP contribution in [-0.2, 0) is 17.6 Å². The average Bonchev–Trinajstić information content (AvgIpc) is 3.25. The van der Waals surface area contributed by atoms with Crippen LogP contribution in [0.25, 0.3) is 11.0 Å². The summed E-state index contributed by atoms with van der Waals surface area (Å²) in [6.07, 6.45) is 2.84. The Hall–Kier alpha value is -2.40. The smallest absolute Gasteiger partial charge is 0.339 e. The fraction of sp³-hybridized carbons (Fsp3) is 0.300. The molecule has 0 fully saturated rings. The van der Waals surface area contributed by atoms with Crippen molar-refractivity contribution in [2.45, 2.75) is 38.5 Å². The molecule has 3 heterocycles. The summed E-state index contributed by atoms with van der Waals surface area (Å²) < 4.78 is 11.3. The van der Waals surface area contributed by atoms with Gasteiger partial charge in [-0.2, -0.15) is 11.3 Å². The van der Waals surface area contributed by atoms with Crippen LogP contribution in [0.4, 0.5) is 0 Å². The van der Waals surface area contributed by atoms with Crippen LogP contribution in [0.1, 0.15) is 46.6 Å². The second-order valence-electron chi connectivity index (χ2n) is 6.80. The molecule has 126 valence electrons. The Bertz CT molecular complexity index is 1080. The molecule has 2 aromatic heterocycles. The van der Waals surface area contributed by atoms with Crippen molar-refractivity contribution in [1.29, 1.82) is 0 Å². The minimum atomic E-state index is -0.254. The van der Waals surface area contributed by atoms with Gasteiger partial charge < -0.3 is 9.15 Å². The van der Waals surface area contributed by atoms with Gasteiger partial charge in [0.2, 0.25) is 0 Å². The van der Waals surface area contributed by atoms with Gasteiger partial charge in [0.1, 0.15) is 11.3 Å². The molecule has 0 bridgehead atoms. The van der Waals surface area contributed by atoms with Crippen molar-refractivity contribution in [3.8, 4) is 5.75 Å². The summed E-state index contributed by atoms with van der Waals surface area (Å²) in [5.74, 6) is 0.369. The summed E-state index contributed by atoms with van der Waals surface area (Å²) in [6.45, 7) is 1.99. The van der Waals surface area contributed by atoms with Gasteiger partial charge in [0.15, 0.2) is 0 Å². The van der Waals surface area contributed by atoms with Gasteiger partial charge in [-0.25, -0.2) is 4.79 Å². The Labute approximate surface area is 148 Å². The van der Waals surface area contributed by atoms with Gasteiger partial charge in [0.25, 0.3) is 0 Å². The van der Waals surface area contributed by atoms with Gasteiger partial charge in [0.05, 0.1) is 11.8 Å². The lowest BCUT2D eigenvalue weighted by molar-refractivity contribution is -0.135. The Morgan fingerprint density at radius 3 is 2.84 bits per heavy atom. The zero-order valence-corrected chi connectivity index (χ0v) is 14.6. The number of carbonyl (C=O) groups is 1. The van der Waals surface area contributed by atoms with E-state index >= 15 is 0 Å². The molecule has 25 heavy (non-hydrogen) atoms. The highest BCUT2D eigenvalue weighted by Gasteiger charge is 2.34. The van der Waals surface area contributed by atoms with E-state index in [0.717, 1.165) is 52.5 Å². The van der Waals surface area contributed by atoms with Crippen molar-refractivity contribution < 1.29 is 13.9 Å². The van der Waals surface area contributed by atoms with Crippen molar-refractivity contribution in [2.75, 3.05) is 0 Å². The first-order valence-electron chi connectivity index (χ1n) is 8.48. The van der Waals surface area contributed by atoms with Crippen LogP contribution in [0.3, 0.4) is 0 Å². The van der Waals surface area contributed by atoms with Crippen LogP contribution >= 0.6 is 11.3 Å². The van der Waals surface area contributed by atoms with Gasteiger partial charge in [-0.3, -0.25) is 4.79 Å². The van der Waals surface area contributed by atoms with Crippen molar-refractivity contribution in [1.82, 2.24) is 0 Å². The predicted octanol–water partition coefficient (Wildman–Crippen LogP) is 4.09. The minimum absolute atomic E-state index is 0.00381. The molecule has 5 heteroatoms. The second-order valence-corrected chi connectivity index (χ2v) is 7.58. The van der Waals surface area contributed by atoms with Crippen molar-refractivity contribution in [3.05, 3.63) is 61.1 Å². The first kappa shape index (κ1) is 14.9. The number of carbonyl (C=O) groups excluding carboxylic acids is 1. The monoisotopic (exact) mass is 352 g/mol. The third kappa shape index (κ3) is 2.12. The molecule has 1 atom stereocenters. The maximum atomic E-state index is 12.3. The number of fused-ring (bicyclic) bond motifs is 5.